The Morgan fingerprint density at radius 3 is 1.42 bits per heavy atom. The molecule has 0 radical (unpaired) electrons. The number of rotatable bonds is 13. The van der Waals surface area contributed by atoms with E-state index in [2.05, 4.69) is 91.0 Å². The first-order valence-electron chi connectivity index (χ1n) is 14.2. The number of allylic oxidation sites excluding steroid dienone is 4. The summed E-state index contributed by atoms with van der Waals surface area (Å²) in [6.07, 6.45) is 11.7. The van der Waals surface area contributed by atoms with E-state index < -0.39 is 7.26 Å². The number of ketones is 2. The Morgan fingerprint density at radius 1 is 0.526 bits per heavy atom. The van der Waals surface area contributed by atoms with E-state index in [-0.39, 0.29) is 11.6 Å². The van der Waals surface area contributed by atoms with Gasteiger partial charge >= 0.3 is 205 Å². The Morgan fingerprint density at radius 2 is 0.947 bits per heavy atom. The molecule has 0 saturated carbocycles. The number of unbranched alkanes of at least 4 members (excludes halogenated alkanes) is 6. The van der Waals surface area contributed by atoms with E-state index >= 15 is 0 Å². The van der Waals surface area contributed by atoms with Crippen molar-refractivity contribution < 1.29 is 9.59 Å². The van der Waals surface area contributed by atoms with Crippen molar-refractivity contribution in [1.29, 1.82) is 0 Å². The average Bonchev–Trinajstić information content (AvgIpc) is 2.97. The number of hydrogen-bond acceptors (Lipinski definition) is 2. The Bertz CT molecular complexity index is 1180. The fourth-order valence-corrected chi connectivity index (χ4v) is 10.7. The molecule has 198 valence electrons. The zero-order valence-electron chi connectivity index (χ0n) is 22.9. The van der Waals surface area contributed by atoms with Crippen LogP contribution in [0.2, 0.25) is 0 Å². The average molecular weight is 525 g/mol. The van der Waals surface area contributed by atoms with Crippen LogP contribution in [-0.4, -0.2) is 17.7 Å². The quantitative estimate of drug-likeness (QED) is 0.134. The summed E-state index contributed by atoms with van der Waals surface area (Å²) in [6, 6.07) is 33.5. The third-order valence-electron chi connectivity index (χ3n) is 8.17. The minimum absolute atomic E-state index is 0.00163. The van der Waals surface area contributed by atoms with Crippen LogP contribution in [0.15, 0.2) is 114 Å². The Balaban J connectivity index is 1.31. The molecule has 3 aromatic carbocycles. The summed E-state index contributed by atoms with van der Waals surface area (Å²) >= 11 is 0. The molecule has 0 fully saturated rings. The molecule has 0 heterocycles. The van der Waals surface area contributed by atoms with Crippen LogP contribution in [-0.2, 0) is 9.59 Å². The van der Waals surface area contributed by atoms with Gasteiger partial charge in [-0.2, -0.15) is 0 Å². The Hall–Kier alpha value is -3.09. The summed E-state index contributed by atoms with van der Waals surface area (Å²) in [4.78, 5) is 24.5. The molecule has 0 amide bonds. The van der Waals surface area contributed by atoms with Crippen molar-refractivity contribution >= 4 is 34.7 Å². The van der Waals surface area contributed by atoms with E-state index in [0.717, 1.165) is 12.8 Å². The van der Waals surface area contributed by atoms with E-state index in [0.29, 0.717) is 23.1 Å². The summed E-state index contributed by atoms with van der Waals surface area (Å²) in [5.74, 6) is 0.0585. The predicted molar refractivity (Wildman–Crippen MR) is 165 cm³/mol. The van der Waals surface area contributed by atoms with Gasteiger partial charge in [0.05, 0.1) is 0 Å². The van der Waals surface area contributed by atoms with Gasteiger partial charge < -0.3 is 0 Å². The van der Waals surface area contributed by atoms with Crippen molar-refractivity contribution in [3.05, 3.63) is 114 Å². The molecule has 0 N–H and O–H groups in total. The minimum atomic E-state index is -2.12. The van der Waals surface area contributed by atoms with E-state index in [1.807, 2.05) is 0 Å². The van der Waals surface area contributed by atoms with Gasteiger partial charge in [0.25, 0.3) is 0 Å². The summed E-state index contributed by atoms with van der Waals surface area (Å²) in [5, 5.41) is 4.47. The maximum absolute atomic E-state index is 12.4. The van der Waals surface area contributed by atoms with Gasteiger partial charge in [0.1, 0.15) is 0 Å². The second-order valence-corrected chi connectivity index (χ2v) is 14.6. The number of carbonyl (C=O) groups excluding carboxylic acids is 2. The van der Waals surface area contributed by atoms with E-state index in [9.17, 15) is 9.59 Å². The summed E-state index contributed by atoms with van der Waals surface area (Å²) in [5.41, 5.74) is 1.91. The molecule has 4 rings (SSSR count). The molecule has 1 aliphatic rings. The molecule has 0 atom stereocenters. The van der Waals surface area contributed by atoms with E-state index in [4.69, 9.17) is 0 Å². The standard InChI is InChI=1S/C35H41O2P/c1-28-29(2)35(37)30(27-34(28)36)19-11-6-4-3-5-7-18-26-38(31-20-12-8-13-21-31,32-22-14-9-15-23-32)33-24-16-10-17-25-33/h8-10,12-17,20-25,27,38H,3-7,11,18-19,26H2,1-2H3. The first-order chi connectivity index (χ1) is 18.5. The minimum Gasteiger partial charge on any atom is -0.290 e. The van der Waals surface area contributed by atoms with Crippen LogP contribution in [0.3, 0.4) is 0 Å². The monoisotopic (exact) mass is 524 g/mol. The molecule has 3 heteroatoms. The van der Waals surface area contributed by atoms with Crippen LogP contribution in [0.25, 0.3) is 0 Å². The SMILES string of the molecule is CC1=C(C)C(=O)C(CCCCCCCCC[PH](c2ccccc2)(c2ccccc2)c2ccccc2)=CC1=O. The zero-order valence-corrected chi connectivity index (χ0v) is 23.9. The van der Waals surface area contributed by atoms with Gasteiger partial charge in [-0.15, -0.1) is 0 Å². The Kier molecular flexibility index (Phi) is 10.0. The van der Waals surface area contributed by atoms with Crippen LogP contribution < -0.4 is 15.9 Å². The zero-order chi connectivity index (χ0) is 26.8. The molecule has 0 spiro atoms. The van der Waals surface area contributed by atoms with Crippen molar-refractivity contribution in [2.24, 2.45) is 0 Å². The molecular formula is C35H41O2P. The topological polar surface area (TPSA) is 34.1 Å². The van der Waals surface area contributed by atoms with Crippen molar-refractivity contribution in [3.63, 3.8) is 0 Å². The number of carbonyl (C=O) groups is 2. The summed E-state index contributed by atoms with van der Waals surface area (Å²) < 4.78 is 0. The molecule has 0 saturated heterocycles. The van der Waals surface area contributed by atoms with Crippen LogP contribution in [0.5, 0.6) is 0 Å². The van der Waals surface area contributed by atoms with E-state index in [1.54, 1.807) is 19.9 Å². The van der Waals surface area contributed by atoms with Gasteiger partial charge in [-0.25, -0.2) is 0 Å². The van der Waals surface area contributed by atoms with Crippen molar-refractivity contribution in [1.82, 2.24) is 0 Å². The maximum atomic E-state index is 12.4. The molecule has 0 unspecified atom stereocenters. The normalized spacial score (nSPS) is 14.5. The first-order valence-corrected chi connectivity index (χ1v) is 16.4. The van der Waals surface area contributed by atoms with Crippen molar-refractivity contribution in [2.45, 2.75) is 65.2 Å². The number of hydrogen-bond donors (Lipinski definition) is 0. The number of benzene rings is 3. The van der Waals surface area contributed by atoms with Gasteiger partial charge in [-0.1, -0.05) is 0 Å². The third-order valence-corrected chi connectivity index (χ3v) is 13.2. The smallest absolute Gasteiger partial charge is 0.290 e. The third kappa shape index (κ3) is 6.48. The van der Waals surface area contributed by atoms with Gasteiger partial charge in [0.2, 0.25) is 0 Å². The van der Waals surface area contributed by atoms with Gasteiger partial charge in [0, 0.05) is 5.57 Å². The molecule has 0 aliphatic heterocycles. The molecule has 0 bridgehead atoms. The van der Waals surface area contributed by atoms with Gasteiger partial charge in [0.15, 0.2) is 0 Å². The number of Topliss-reactive ketones (excluding diaryl/α,β-unsaturated/α-hetero) is 1. The van der Waals surface area contributed by atoms with E-state index in [1.165, 1.54) is 54.2 Å². The molecule has 2 nitrogen and oxygen atoms in total. The summed E-state index contributed by atoms with van der Waals surface area (Å²) in [7, 11) is -2.12. The van der Waals surface area contributed by atoms with Crippen LogP contribution >= 0.6 is 7.26 Å². The summed E-state index contributed by atoms with van der Waals surface area (Å²) in [6.45, 7) is 3.52. The predicted octanol–water partition coefficient (Wildman–Crippen LogP) is 7.25. The second kappa shape index (κ2) is 13.6. The fourth-order valence-electron chi connectivity index (χ4n) is 5.80. The van der Waals surface area contributed by atoms with Gasteiger partial charge in [-0.3, -0.25) is 4.79 Å². The molecular weight excluding hydrogens is 483 g/mol. The Labute approximate surface area is 229 Å². The van der Waals surface area contributed by atoms with Crippen molar-refractivity contribution in [3.8, 4) is 0 Å². The molecule has 1 aliphatic carbocycles. The fraction of sp³-hybridized carbons (Fsp3) is 0.314. The molecule has 38 heavy (non-hydrogen) atoms. The van der Waals surface area contributed by atoms with Gasteiger partial charge in [-0.05, 0) is 13.8 Å². The molecule has 3 aromatic rings. The van der Waals surface area contributed by atoms with Crippen LogP contribution in [0.4, 0.5) is 0 Å². The molecule has 0 aromatic heterocycles. The van der Waals surface area contributed by atoms with Crippen LogP contribution in [0.1, 0.15) is 65.2 Å². The first kappa shape index (κ1) is 27.9. The second-order valence-electron chi connectivity index (χ2n) is 10.6. The van der Waals surface area contributed by atoms with Crippen molar-refractivity contribution in [2.75, 3.05) is 6.16 Å². The van der Waals surface area contributed by atoms with Crippen LogP contribution in [0, 0.1) is 0 Å².